The minimum absolute atomic E-state index is 0.156. The van der Waals surface area contributed by atoms with Gasteiger partial charge in [-0.3, -0.25) is 9.59 Å². The summed E-state index contributed by atoms with van der Waals surface area (Å²) in [6.07, 6.45) is 1.35. The number of hydrazone groups is 1. The Morgan fingerprint density at radius 3 is 2.28 bits per heavy atom. The Labute approximate surface area is 215 Å². The molecule has 1 aliphatic heterocycles. The first-order valence-corrected chi connectivity index (χ1v) is 16.0. The van der Waals surface area contributed by atoms with E-state index in [-0.39, 0.29) is 17.8 Å². The van der Waals surface area contributed by atoms with Crippen LogP contribution in [0.5, 0.6) is 0 Å². The normalized spacial score (nSPS) is 26.1. The molecule has 190 valence electrons. The fourth-order valence-electron chi connectivity index (χ4n) is 5.33. The monoisotopic (exact) mass is 504 g/mol. The van der Waals surface area contributed by atoms with Gasteiger partial charge in [0.25, 0.3) is 5.91 Å². The number of ether oxygens (including phenoxy) is 1. The molecular weight excluding hydrogens is 468 g/mol. The van der Waals surface area contributed by atoms with Crippen LogP contribution in [0, 0.1) is 24.2 Å². The summed E-state index contributed by atoms with van der Waals surface area (Å²) in [6, 6.07) is 17.6. The number of amides is 1. The zero-order valence-electron chi connectivity index (χ0n) is 22.2. The molecule has 2 aromatic rings. The molecule has 0 saturated carbocycles. The molecule has 1 heterocycles. The van der Waals surface area contributed by atoms with Crippen molar-refractivity contribution in [2.75, 3.05) is 11.6 Å². The molecule has 6 nitrogen and oxygen atoms in total. The van der Waals surface area contributed by atoms with E-state index in [9.17, 15) is 9.59 Å². The van der Waals surface area contributed by atoms with Crippen LogP contribution >= 0.6 is 0 Å². The zero-order valence-corrected chi connectivity index (χ0v) is 23.2. The Bertz CT molecular complexity index is 1200. The second kappa shape index (κ2) is 9.79. The van der Waals surface area contributed by atoms with Gasteiger partial charge in [0.05, 0.1) is 30.0 Å². The summed E-state index contributed by atoms with van der Waals surface area (Å²) < 4.78 is 12.3. The average Bonchev–Trinajstić information content (AvgIpc) is 3.08. The van der Waals surface area contributed by atoms with E-state index in [1.807, 2.05) is 88.4 Å². The molecule has 1 aliphatic carbocycles. The van der Waals surface area contributed by atoms with E-state index in [1.54, 1.807) is 0 Å². The molecule has 4 atom stereocenters. The number of carbonyl (C=O) groups excluding carboxylic acids is 2. The molecule has 0 radical (unpaired) electrons. The van der Waals surface area contributed by atoms with Gasteiger partial charge in [-0.15, -0.1) is 0 Å². The Morgan fingerprint density at radius 1 is 1.06 bits per heavy atom. The molecule has 1 spiro atoms. The van der Waals surface area contributed by atoms with Crippen molar-refractivity contribution in [1.82, 2.24) is 0 Å². The Kier molecular flexibility index (Phi) is 7.08. The number of esters is 1. The van der Waals surface area contributed by atoms with Crippen LogP contribution in [0.15, 0.2) is 65.8 Å². The van der Waals surface area contributed by atoms with Crippen molar-refractivity contribution >= 4 is 37.2 Å². The van der Waals surface area contributed by atoms with Gasteiger partial charge in [-0.1, -0.05) is 61.0 Å². The van der Waals surface area contributed by atoms with E-state index in [2.05, 4.69) is 19.6 Å². The fourth-order valence-corrected chi connectivity index (χ4v) is 6.49. The van der Waals surface area contributed by atoms with Gasteiger partial charge in [-0.05, 0) is 69.6 Å². The first kappa shape index (κ1) is 26.0. The molecule has 0 unspecified atom stereocenters. The summed E-state index contributed by atoms with van der Waals surface area (Å²) in [6.45, 7) is 14.3. The highest BCUT2D eigenvalue weighted by Gasteiger charge is 2.63. The number of rotatable bonds is 6. The second-order valence-corrected chi connectivity index (χ2v) is 15.1. The molecule has 0 N–H and O–H groups in total. The average molecular weight is 505 g/mol. The highest BCUT2D eigenvalue weighted by atomic mass is 28.4. The maximum atomic E-state index is 14.6. The third-order valence-corrected chi connectivity index (χ3v) is 7.96. The van der Waals surface area contributed by atoms with Crippen LogP contribution < -0.4 is 5.01 Å². The van der Waals surface area contributed by atoms with Gasteiger partial charge in [0.2, 0.25) is 0 Å². The third-order valence-electron chi connectivity index (χ3n) is 6.99. The van der Waals surface area contributed by atoms with Crippen LogP contribution in [0.25, 0.3) is 5.57 Å². The smallest absolute Gasteiger partial charge is 0.313 e. The van der Waals surface area contributed by atoms with Crippen LogP contribution in [0.2, 0.25) is 19.6 Å². The number of hydrogen-bond acceptors (Lipinski definition) is 5. The van der Waals surface area contributed by atoms with Crippen molar-refractivity contribution in [1.29, 1.82) is 0 Å². The molecule has 2 aliphatic rings. The first-order chi connectivity index (χ1) is 17.0. The van der Waals surface area contributed by atoms with Gasteiger partial charge in [0.1, 0.15) is 5.41 Å². The highest BCUT2D eigenvalue weighted by molar-refractivity contribution is 6.69. The number of nitrogens with zero attached hydrogens (tertiary/aromatic N) is 2. The quantitative estimate of drug-likeness (QED) is 0.366. The topological polar surface area (TPSA) is 68.2 Å². The maximum absolute atomic E-state index is 14.6. The molecule has 0 fully saturated rings. The molecule has 0 aromatic heterocycles. The van der Waals surface area contributed by atoms with E-state index in [0.717, 1.165) is 16.7 Å². The van der Waals surface area contributed by atoms with E-state index < -0.39 is 25.8 Å². The van der Waals surface area contributed by atoms with Crippen molar-refractivity contribution in [3.63, 3.8) is 0 Å². The minimum Gasteiger partial charge on any atom is -0.466 e. The Balaban J connectivity index is 1.97. The number of aryl methyl sites for hydroxylation is 1. The Morgan fingerprint density at radius 2 is 1.69 bits per heavy atom. The van der Waals surface area contributed by atoms with Crippen molar-refractivity contribution in [2.45, 2.75) is 53.4 Å². The molecule has 7 heteroatoms. The SMILES string of the molecule is CCOC(=O)[C@@H]1C=C(c2ccccc2)[C@@]2(C(=O)N(c3ccc(C)cc3)N=C2C)[C@@H](O[Si](C)(C)C)[C@@H]1C. The predicted molar refractivity (Wildman–Crippen MR) is 146 cm³/mol. The van der Waals surface area contributed by atoms with Crippen LogP contribution in [0.1, 0.15) is 31.9 Å². The lowest BCUT2D eigenvalue weighted by Gasteiger charge is -2.48. The minimum atomic E-state index is -2.17. The number of hydrogen-bond donors (Lipinski definition) is 0. The zero-order chi connectivity index (χ0) is 26.3. The standard InChI is InChI=1S/C29H36N2O4Si/c1-8-34-27(32)24-18-25(22-12-10-9-11-13-22)29(26(20(24)3)35-36(5,6)7)21(4)30-31(28(29)33)23-16-14-19(2)15-17-23/h9-18,20,24,26H,8H2,1-7H3/t20-,24-,26+,29-/m1/s1. The summed E-state index contributed by atoms with van der Waals surface area (Å²) in [5, 5.41) is 6.33. The van der Waals surface area contributed by atoms with E-state index in [1.165, 1.54) is 5.01 Å². The number of benzene rings is 2. The predicted octanol–water partition coefficient (Wildman–Crippen LogP) is 5.84. The van der Waals surface area contributed by atoms with Gasteiger partial charge in [-0.25, -0.2) is 0 Å². The van der Waals surface area contributed by atoms with E-state index in [4.69, 9.17) is 14.3 Å². The largest absolute Gasteiger partial charge is 0.466 e. The maximum Gasteiger partial charge on any atom is 0.313 e. The first-order valence-electron chi connectivity index (χ1n) is 12.6. The lowest BCUT2D eigenvalue weighted by Crippen LogP contribution is -2.59. The summed E-state index contributed by atoms with van der Waals surface area (Å²) in [4.78, 5) is 27.7. The summed E-state index contributed by atoms with van der Waals surface area (Å²) in [5.74, 6) is -1.29. The molecular formula is C29H36N2O4Si. The number of carbonyl (C=O) groups is 2. The van der Waals surface area contributed by atoms with Crippen molar-refractivity contribution in [3.8, 4) is 0 Å². The molecule has 1 amide bonds. The van der Waals surface area contributed by atoms with Gasteiger partial charge < -0.3 is 9.16 Å². The van der Waals surface area contributed by atoms with Crippen molar-refractivity contribution < 1.29 is 18.8 Å². The lowest BCUT2D eigenvalue weighted by molar-refractivity contribution is -0.151. The van der Waals surface area contributed by atoms with E-state index in [0.29, 0.717) is 18.0 Å². The fraction of sp³-hybridized carbons (Fsp3) is 0.414. The van der Waals surface area contributed by atoms with Gasteiger partial charge >= 0.3 is 5.97 Å². The van der Waals surface area contributed by atoms with Gasteiger partial charge in [0, 0.05) is 0 Å². The highest BCUT2D eigenvalue weighted by Crippen LogP contribution is 2.54. The van der Waals surface area contributed by atoms with Crippen molar-refractivity contribution in [3.05, 3.63) is 71.8 Å². The molecule has 4 rings (SSSR count). The number of anilines is 1. The lowest BCUT2D eigenvalue weighted by atomic mass is 9.59. The second-order valence-electron chi connectivity index (χ2n) is 10.7. The van der Waals surface area contributed by atoms with Crippen LogP contribution in [-0.4, -0.2) is 38.6 Å². The van der Waals surface area contributed by atoms with Crippen LogP contribution in [0.3, 0.4) is 0 Å². The van der Waals surface area contributed by atoms with Crippen LogP contribution in [-0.2, 0) is 18.8 Å². The van der Waals surface area contributed by atoms with Gasteiger partial charge in [0.15, 0.2) is 8.32 Å². The molecule has 36 heavy (non-hydrogen) atoms. The van der Waals surface area contributed by atoms with Crippen molar-refractivity contribution in [2.24, 2.45) is 22.4 Å². The Hall–Kier alpha value is -3.03. The molecule has 0 bridgehead atoms. The van der Waals surface area contributed by atoms with Crippen LogP contribution in [0.4, 0.5) is 5.69 Å². The van der Waals surface area contributed by atoms with E-state index >= 15 is 0 Å². The summed E-state index contributed by atoms with van der Waals surface area (Å²) in [5.41, 5.74) is 2.95. The van der Waals surface area contributed by atoms with Gasteiger partial charge in [-0.2, -0.15) is 10.1 Å². The molecule has 0 saturated heterocycles. The summed E-state index contributed by atoms with van der Waals surface area (Å²) in [7, 11) is -2.17. The molecule has 2 aromatic carbocycles. The third kappa shape index (κ3) is 4.46. The summed E-state index contributed by atoms with van der Waals surface area (Å²) >= 11 is 0.